The molecule has 1 aliphatic heterocycles. The second-order valence-electron chi connectivity index (χ2n) is 5.83. The van der Waals surface area contributed by atoms with Gasteiger partial charge in [-0.15, -0.1) is 0 Å². The van der Waals surface area contributed by atoms with Gasteiger partial charge in [-0.2, -0.15) is 0 Å². The third-order valence-electron chi connectivity index (χ3n) is 4.07. The van der Waals surface area contributed by atoms with Gasteiger partial charge in [-0.05, 0) is 55.5 Å². The Hall–Kier alpha value is -2.34. The molecule has 25 heavy (non-hydrogen) atoms. The molecule has 1 aliphatic rings. The van der Waals surface area contributed by atoms with Gasteiger partial charge in [0, 0.05) is 28.8 Å². The molecule has 1 N–H and O–H groups in total. The number of carbonyl (C=O) groups is 2. The van der Waals surface area contributed by atoms with Crippen LogP contribution in [0.15, 0.2) is 53.0 Å². The number of amides is 2. The average molecular weight is 403 g/mol. The Labute approximate surface area is 155 Å². The smallest absolute Gasteiger partial charge is 0.229 e. The van der Waals surface area contributed by atoms with Gasteiger partial charge in [0.15, 0.2) is 0 Å². The van der Waals surface area contributed by atoms with E-state index >= 15 is 0 Å². The lowest BCUT2D eigenvalue weighted by Crippen LogP contribution is -2.28. The molecule has 0 saturated carbocycles. The second-order valence-corrected chi connectivity index (χ2v) is 6.74. The lowest BCUT2D eigenvalue weighted by molar-refractivity contribution is -0.122. The fourth-order valence-corrected chi connectivity index (χ4v) is 3.06. The molecule has 1 saturated heterocycles. The predicted octanol–water partition coefficient (Wildman–Crippen LogP) is 3.84. The summed E-state index contributed by atoms with van der Waals surface area (Å²) in [6.07, 6.45) is 0.221. The first-order chi connectivity index (χ1) is 12.1. The molecule has 0 aliphatic carbocycles. The van der Waals surface area contributed by atoms with E-state index in [4.69, 9.17) is 4.74 Å². The van der Waals surface area contributed by atoms with E-state index in [1.807, 2.05) is 43.3 Å². The fourth-order valence-electron chi connectivity index (χ4n) is 2.80. The van der Waals surface area contributed by atoms with Crippen molar-refractivity contribution in [2.45, 2.75) is 13.3 Å². The van der Waals surface area contributed by atoms with Gasteiger partial charge >= 0.3 is 0 Å². The van der Waals surface area contributed by atoms with Crippen LogP contribution < -0.4 is 15.0 Å². The number of benzene rings is 2. The van der Waals surface area contributed by atoms with Crippen molar-refractivity contribution in [1.82, 2.24) is 0 Å². The Bertz CT molecular complexity index is 759. The summed E-state index contributed by atoms with van der Waals surface area (Å²) in [7, 11) is 0. The summed E-state index contributed by atoms with van der Waals surface area (Å²) < 4.78 is 6.34. The van der Waals surface area contributed by atoms with E-state index in [-0.39, 0.29) is 24.2 Å². The molecular formula is C19H19BrN2O3. The Morgan fingerprint density at radius 1 is 1.20 bits per heavy atom. The number of hydrogen-bond donors (Lipinski definition) is 1. The minimum Gasteiger partial charge on any atom is -0.494 e. The van der Waals surface area contributed by atoms with Crippen LogP contribution in [0.2, 0.25) is 0 Å². The van der Waals surface area contributed by atoms with Crippen LogP contribution in [-0.2, 0) is 9.59 Å². The molecule has 130 valence electrons. The van der Waals surface area contributed by atoms with E-state index < -0.39 is 0 Å². The van der Waals surface area contributed by atoms with Gasteiger partial charge in [-0.25, -0.2) is 0 Å². The molecule has 1 unspecified atom stereocenters. The van der Waals surface area contributed by atoms with Crippen LogP contribution >= 0.6 is 15.9 Å². The molecule has 1 heterocycles. The summed E-state index contributed by atoms with van der Waals surface area (Å²) >= 11 is 3.38. The van der Waals surface area contributed by atoms with Gasteiger partial charge in [0.2, 0.25) is 11.8 Å². The van der Waals surface area contributed by atoms with Crippen molar-refractivity contribution in [3.05, 3.63) is 53.0 Å². The van der Waals surface area contributed by atoms with E-state index in [2.05, 4.69) is 21.2 Å². The van der Waals surface area contributed by atoms with Gasteiger partial charge < -0.3 is 15.0 Å². The molecule has 0 radical (unpaired) electrons. The molecular weight excluding hydrogens is 384 g/mol. The Kier molecular flexibility index (Phi) is 5.38. The van der Waals surface area contributed by atoms with Crippen molar-refractivity contribution in [3.8, 4) is 5.75 Å². The summed E-state index contributed by atoms with van der Waals surface area (Å²) in [6, 6.07) is 14.7. The molecule has 2 amide bonds. The molecule has 0 bridgehead atoms. The van der Waals surface area contributed by atoms with Crippen LogP contribution in [0.1, 0.15) is 13.3 Å². The largest absolute Gasteiger partial charge is 0.494 e. The van der Waals surface area contributed by atoms with Crippen LogP contribution in [0, 0.1) is 5.92 Å². The number of nitrogens with zero attached hydrogens (tertiary/aromatic N) is 1. The molecule has 6 heteroatoms. The molecule has 5 nitrogen and oxygen atoms in total. The van der Waals surface area contributed by atoms with Crippen molar-refractivity contribution < 1.29 is 14.3 Å². The Morgan fingerprint density at radius 2 is 1.88 bits per heavy atom. The van der Waals surface area contributed by atoms with Crippen LogP contribution in [0.3, 0.4) is 0 Å². The lowest BCUT2D eigenvalue weighted by Gasteiger charge is -2.17. The number of carbonyl (C=O) groups excluding carboxylic acids is 2. The minimum absolute atomic E-state index is 0.0332. The van der Waals surface area contributed by atoms with Crippen molar-refractivity contribution >= 4 is 39.1 Å². The van der Waals surface area contributed by atoms with Crippen molar-refractivity contribution in [2.75, 3.05) is 23.4 Å². The second kappa shape index (κ2) is 7.70. The zero-order chi connectivity index (χ0) is 17.8. The number of ether oxygens (including phenoxy) is 1. The number of anilines is 2. The molecule has 0 aromatic heterocycles. The highest BCUT2D eigenvalue weighted by Gasteiger charge is 2.35. The van der Waals surface area contributed by atoms with Crippen molar-refractivity contribution in [1.29, 1.82) is 0 Å². The predicted molar refractivity (Wildman–Crippen MR) is 101 cm³/mol. The van der Waals surface area contributed by atoms with Crippen LogP contribution in [-0.4, -0.2) is 25.0 Å². The van der Waals surface area contributed by atoms with Gasteiger partial charge in [-0.3, -0.25) is 9.59 Å². The minimum atomic E-state index is -0.359. The Morgan fingerprint density at radius 3 is 2.52 bits per heavy atom. The maximum Gasteiger partial charge on any atom is 0.229 e. The molecule has 3 rings (SSSR count). The van der Waals surface area contributed by atoms with Crippen molar-refractivity contribution in [2.24, 2.45) is 5.92 Å². The summed E-state index contributed by atoms with van der Waals surface area (Å²) in [5.74, 6) is 0.229. The third-order valence-corrected chi connectivity index (χ3v) is 4.60. The van der Waals surface area contributed by atoms with Gasteiger partial charge in [0.25, 0.3) is 0 Å². The SMILES string of the molecule is CCOc1ccc(NC(=O)C2CC(=O)N(c3ccc(Br)cc3)C2)cc1. The van der Waals surface area contributed by atoms with E-state index in [9.17, 15) is 9.59 Å². The van der Waals surface area contributed by atoms with E-state index in [1.54, 1.807) is 17.0 Å². The molecule has 2 aromatic rings. The van der Waals surface area contributed by atoms with Crippen LogP contribution in [0.4, 0.5) is 11.4 Å². The van der Waals surface area contributed by atoms with E-state index in [0.717, 1.165) is 15.9 Å². The number of nitrogens with one attached hydrogen (secondary N) is 1. The van der Waals surface area contributed by atoms with Gasteiger partial charge in [0.1, 0.15) is 5.75 Å². The highest BCUT2D eigenvalue weighted by molar-refractivity contribution is 9.10. The topological polar surface area (TPSA) is 58.6 Å². The molecule has 1 fully saturated rings. The zero-order valence-corrected chi connectivity index (χ0v) is 15.5. The van der Waals surface area contributed by atoms with Gasteiger partial charge in [-0.1, -0.05) is 15.9 Å². The van der Waals surface area contributed by atoms with E-state index in [0.29, 0.717) is 18.8 Å². The van der Waals surface area contributed by atoms with Crippen LogP contribution in [0.25, 0.3) is 0 Å². The maximum absolute atomic E-state index is 12.5. The highest BCUT2D eigenvalue weighted by Crippen LogP contribution is 2.27. The first kappa shape index (κ1) is 17.5. The lowest BCUT2D eigenvalue weighted by atomic mass is 10.1. The summed E-state index contributed by atoms with van der Waals surface area (Å²) in [4.78, 5) is 26.4. The van der Waals surface area contributed by atoms with Crippen LogP contribution in [0.5, 0.6) is 5.75 Å². The fraction of sp³-hybridized carbons (Fsp3) is 0.263. The average Bonchev–Trinajstić information content (AvgIpc) is 3.00. The monoisotopic (exact) mass is 402 g/mol. The molecule has 0 spiro atoms. The third kappa shape index (κ3) is 4.20. The number of halogens is 1. The number of rotatable bonds is 5. The maximum atomic E-state index is 12.5. The quantitative estimate of drug-likeness (QED) is 0.826. The zero-order valence-electron chi connectivity index (χ0n) is 13.9. The summed E-state index contributed by atoms with van der Waals surface area (Å²) in [6.45, 7) is 2.91. The van der Waals surface area contributed by atoms with E-state index in [1.165, 1.54) is 0 Å². The summed E-state index contributed by atoms with van der Waals surface area (Å²) in [5.41, 5.74) is 1.51. The first-order valence-corrected chi connectivity index (χ1v) is 8.96. The molecule has 1 atom stereocenters. The number of hydrogen-bond acceptors (Lipinski definition) is 3. The highest BCUT2D eigenvalue weighted by atomic mass is 79.9. The van der Waals surface area contributed by atoms with Crippen molar-refractivity contribution in [3.63, 3.8) is 0 Å². The summed E-state index contributed by atoms with van der Waals surface area (Å²) in [5, 5.41) is 2.87. The normalized spacial score (nSPS) is 16.8. The van der Waals surface area contributed by atoms with Gasteiger partial charge in [0.05, 0.1) is 12.5 Å². The first-order valence-electron chi connectivity index (χ1n) is 8.16. The Balaban J connectivity index is 1.63. The molecule has 2 aromatic carbocycles. The standard InChI is InChI=1S/C19H19BrN2O3/c1-2-25-17-9-5-15(6-10-17)21-19(24)13-11-18(23)22(12-13)16-7-3-14(20)4-8-16/h3-10,13H,2,11-12H2,1H3,(H,21,24).